The van der Waals surface area contributed by atoms with Crippen molar-refractivity contribution < 1.29 is 9.18 Å². The van der Waals surface area contributed by atoms with Crippen LogP contribution in [0.5, 0.6) is 0 Å². The standard InChI is InChI=1S/C23H19ClFN3O2/c24-19-7-3-1-5-17(19)13-26-21(29)15-28-12-10-16-9-11-27(22(16)23(28)30)14-18-6-2-4-8-20(18)25/h1-12H,13-15H2,(H,26,29). The molecular formula is C23H19ClFN3O2. The number of benzene rings is 2. The Kier molecular flexibility index (Phi) is 5.68. The topological polar surface area (TPSA) is 56.0 Å². The van der Waals surface area contributed by atoms with E-state index in [-0.39, 0.29) is 36.9 Å². The van der Waals surface area contributed by atoms with E-state index in [9.17, 15) is 14.0 Å². The number of pyridine rings is 1. The van der Waals surface area contributed by atoms with Crippen molar-refractivity contribution in [1.29, 1.82) is 0 Å². The minimum Gasteiger partial charge on any atom is -0.350 e. The highest BCUT2D eigenvalue weighted by Crippen LogP contribution is 2.16. The monoisotopic (exact) mass is 423 g/mol. The van der Waals surface area contributed by atoms with Crippen molar-refractivity contribution in [2.45, 2.75) is 19.6 Å². The molecular weight excluding hydrogens is 405 g/mol. The summed E-state index contributed by atoms with van der Waals surface area (Å²) in [5.74, 6) is -0.627. The van der Waals surface area contributed by atoms with Gasteiger partial charge in [-0.2, -0.15) is 0 Å². The van der Waals surface area contributed by atoms with Gasteiger partial charge in [0.2, 0.25) is 5.91 Å². The quantitative estimate of drug-likeness (QED) is 0.510. The highest BCUT2D eigenvalue weighted by molar-refractivity contribution is 6.31. The van der Waals surface area contributed by atoms with Crippen molar-refractivity contribution in [2.75, 3.05) is 0 Å². The molecule has 2 aromatic heterocycles. The van der Waals surface area contributed by atoms with Crippen LogP contribution in [-0.2, 0) is 24.4 Å². The number of hydrogen-bond acceptors (Lipinski definition) is 2. The van der Waals surface area contributed by atoms with Crippen LogP contribution in [0.3, 0.4) is 0 Å². The molecule has 4 rings (SSSR count). The van der Waals surface area contributed by atoms with Crippen molar-refractivity contribution in [2.24, 2.45) is 0 Å². The summed E-state index contributed by atoms with van der Waals surface area (Å²) in [7, 11) is 0. The lowest BCUT2D eigenvalue weighted by Crippen LogP contribution is -2.32. The van der Waals surface area contributed by atoms with Crippen molar-refractivity contribution in [3.05, 3.63) is 105 Å². The number of fused-ring (bicyclic) bond motifs is 1. The van der Waals surface area contributed by atoms with Crippen LogP contribution < -0.4 is 10.9 Å². The molecule has 0 bridgehead atoms. The van der Waals surface area contributed by atoms with Gasteiger partial charge in [-0.1, -0.05) is 48.0 Å². The Morgan fingerprint density at radius 2 is 1.60 bits per heavy atom. The van der Waals surface area contributed by atoms with Crippen molar-refractivity contribution in [3.63, 3.8) is 0 Å². The third-order valence-electron chi connectivity index (χ3n) is 4.94. The van der Waals surface area contributed by atoms with Gasteiger partial charge in [0.25, 0.3) is 5.56 Å². The molecule has 0 unspecified atom stereocenters. The normalized spacial score (nSPS) is 11.0. The van der Waals surface area contributed by atoms with Crippen LogP contribution in [0.2, 0.25) is 5.02 Å². The predicted molar refractivity (Wildman–Crippen MR) is 115 cm³/mol. The zero-order valence-corrected chi connectivity index (χ0v) is 16.8. The highest BCUT2D eigenvalue weighted by Gasteiger charge is 2.12. The number of rotatable bonds is 6. The molecule has 152 valence electrons. The van der Waals surface area contributed by atoms with Gasteiger partial charge in [0, 0.05) is 34.9 Å². The second kappa shape index (κ2) is 8.55. The van der Waals surface area contributed by atoms with E-state index in [1.165, 1.54) is 10.6 Å². The maximum atomic E-state index is 14.0. The summed E-state index contributed by atoms with van der Waals surface area (Å²) in [6.07, 6.45) is 3.34. The number of amides is 1. The van der Waals surface area contributed by atoms with E-state index in [4.69, 9.17) is 11.6 Å². The molecule has 0 aliphatic heterocycles. The first-order chi connectivity index (χ1) is 14.5. The molecule has 0 spiro atoms. The van der Waals surface area contributed by atoms with Gasteiger partial charge >= 0.3 is 0 Å². The summed E-state index contributed by atoms with van der Waals surface area (Å²) in [6.45, 7) is 0.386. The summed E-state index contributed by atoms with van der Waals surface area (Å²) >= 11 is 6.11. The van der Waals surface area contributed by atoms with Crippen molar-refractivity contribution in [3.8, 4) is 0 Å². The SMILES string of the molecule is O=C(Cn1ccc2ccn(Cc3ccccc3F)c2c1=O)NCc1ccccc1Cl. The predicted octanol–water partition coefficient (Wildman–Crippen LogP) is 3.96. The van der Waals surface area contributed by atoms with Crippen molar-refractivity contribution >= 4 is 28.4 Å². The first-order valence-electron chi connectivity index (χ1n) is 9.45. The van der Waals surface area contributed by atoms with Crippen LogP contribution in [0.25, 0.3) is 10.9 Å². The van der Waals surface area contributed by atoms with Crippen LogP contribution in [0, 0.1) is 5.82 Å². The Balaban J connectivity index is 1.54. The molecule has 0 saturated heterocycles. The molecule has 0 fully saturated rings. The van der Waals surface area contributed by atoms with Gasteiger partial charge in [0.15, 0.2) is 0 Å². The zero-order chi connectivity index (χ0) is 21.1. The lowest BCUT2D eigenvalue weighted by Gasteiger charge is -2.10. The molecule has 1 amide bonds. The molecule has 2 aromatic carbocycles. The van der Waals surface area contributed by atoms with Crippen molar-refractivity contribution in [1.82, 2.24) is 14.5 Å². The largest absolute Gasteiger partial charge is 0.350 e. The van der Waals surface area contributed by atoms with E-state index in [1.54, 1.807) is 53.4 Å². The van der Waals surface area contributed by atoms with Crippen LogP contribution in [0.15, 0.2) is 77.9 Å². The molecule has 5 nitrogen and oxygen atoms in total. The summed E-state index contributed by atoms with van der Waals surface area (Å²) in [6, 6.07) is 17.3. The number of halogens is 2. The number of aromatic nitrogens is 2. The van der Waals surface area contributed by atoms with Gasteiger partial charge in [-0.25, -0.2) is 4.39 Å². The van der Waals surface area contributed by atoms with Crippen LogP contribution in [0.1, 0.15) is 11.1 Å². The van der Waals surface area contributed by atoms with Crippen LogP contribution in [-0.4, -0.2) is 15.0 Å². The number of carbonyl (C=O) groups excluding carboxylic acids is 1. The first kappa shape index (κ1) is 19.9. The maximum absolute atomic E-state index is 14.0. The van der Waals surface area contributed by atoms with Gasteiger partial charge in [-0.15, -0.1) is 0 Å². The molecule has 2 heterocycles. The van der Waals surface area contributed by atoms with Gasteiger partial charge < -0.3 is 14.5 Å². The molecule has 0 aliphatic carbocycles. The highest BCUT2D eigenvalue weighted by atomic mass is 35.5. The summed E-state index contributed by atoms with van der Waals surface area (Å²) in [5.41, 5.74) is 1.41. The van der Waals surface area contributed by atoms with E-state index in [2.05, 4.69) is 5.32 Å². The van der Waals surface area contributed by atoms with Gasteiger partial charge in [0.05, 0.1) is 6.54 Å². The second-order valence-corrected chi connectivity index (χ2v) is 7.36. The Morgan fingerprint density at radius 1 is 0.933 bits per heavy atom. The maximum Gasteiger partial charge on any atom is 0.275 e. The summed E-state index contributed by atoms with van der Waals surface area (Å²) in [5, 5.41) is 4.09. The minimum atomic E-state index is -0.324. The molecule has 0 saturated carbocycles. The second-order valence-electron chi connectivity index (χ2n) is 6.96. The Morgan fingerprint density at radius 3 is 2.33 bits per heavy atom. The Hall–Kier alpha value is -3.38. The Labute approximate surface area is 177 Å². The Bertz CT molecular complexity index is 1280. The molecule has 30 heavy (non-hydrogen) atoms. The molecule has 0 aliphatic rings. The lowest BCUT2D eigenvalue weighted by molar-refractivity contribution is -0.121. The van der Waals surface area contributed by atoms with Crippen LogP contribution in [0.4, 0.5) is 4.39 Å². The van der Waals surface area contributed by atoms with Gasteiger partial charge in [0.1, 0.15) is 17.9 Å². The fourth-order valence-electron chi connectivity index (χ4n) is 3.36. The van der Waals surface area contributed by atoms with Crippen LogP contribution >= 0.6 is 11.6 Å². The molecule has 4 aromatic rings. The fraction of sp³-hybridized carbons (Fsp3) is 0.130. The summed E-state index contributed by atoms with van der Waals surface area (Å²) in [4.78, 5) is 25.4. The third-order valence-corrected chi connectivity index (χ3v) is 5.31. The minimum absolute atomic E-state index is 0.121. The number of nitrogens with one attached hydrogen (secondary N) is 1. The number of nitrogens with zero attached hydrogens (tertiary/aromatic N) is 2. The smallest absolute Gasteiger partial charge is 0.275 e. The average Bonchev–Trinajstić information content (AvgIpc) is 3.15. The van der Waals surface area contributed by atoms with E-state index >= 15 is 0 Å². The van der Waals surface area contributed by atoms with E-state index in [0.717, 1.165) is 10.9 Å². The first-order valence-corrected chi connectivity index (χ1v) is 9.82. The fourth-order valence-corrected chi connectivity index (χ4v) is 3.56. The molecule has 7 heteroatoms. The van der Waals surface area contributed by atoms with Gasteiger partial charge in [-0.05, 0) is 29.8 Å². The van der Waals surface area contributed by atoms with Gasteiger partial charge in [-0.3, -0.25) is 9.59 Å². The zero-order valence-electron chi connectivity index (χ0n) is 16.0. The molecule has 0 radical (unpaired) electrons. The molecule has 0 atom stereocenters. The van der Waals surface area contributed by atoms with E-state index < -0.39 is 0 Å². The lowest BCUT2D eigenvalue weighted by atomic mass is 10.2. The summed E-state index contributed by atoms with van der Waals surface area (Å²) < 4.78 is 17.1. The van der Waals surface area contributed by atoms with E-state index in [0.29, 0.717) is 16.1 Å². The number of carbonyl (C=O) groups is 1. The molecule has 1 N–H and O–H groups in total. The third kappa shape index (κ3) is 4.14. The average molecular weight is 424 g/mol. The number of hydrogen-bond donors (Lipinski definition) is 1. The van der Waals surface area contributed by atoms with E-state index in [1.807, 2.05) is 18.2 Å².